The van der Waals surface area contributed by atoms with E-state index in [-0.39, 0.29) is 6.04 Å². The van der Waals surface area contributed by atoms with E-state index in [2.05, 4.69) is 37.9 Å². The van der Waals surface area contributed by atoms with Crippen LogP contribution in [-0.4, -0.2) is 19.0 Å². The van der Waals surface area contributed by atoms with E-state index in [1.807, 2.05) is 37.2 Å². The zero-order valence-electron chi connectivity index (χ0n) is 7.96. The molecule has 1 unspecified atom stereocenters. The fourth-order valence-electron chi connectivity index (χ4n) is 1.17. The van der Waals surface area contributed by atoms with Gasteiger partial charge in [0.2, 0.25) is 0 Å². The lowest BCUT2D eigenvalue weighted by Crippen LogP contribution is -2.18. The van der Waals surface area contributed by atoms with Gasteiger partial charge in [0, 0.05) is 8.95 Å². The Morgan fingerprint density at radius 3 is 2.36 bits per heavy atom. The first-order valence-corrected chi connectivity index (χ1v) is 5.66. The second-order valence-electron chi connectivity index (χ2n) is 3.17. The van der Waals surface area contributed by atoms with E-state index in [9.17, 15) is 0 Å². The van der Waals surface area contributed by atoms with Crippen molar-refractivity contribution in [3.8, 4) is 6.07 Å². The van der Waals surface area contributed by atoms with Gasteiger partial charge in [-0.3, -0.25) is 4.90 Å². The van der Waals surface area contributed by atoms with Crippen molar-refractivity contribution in [3.63, 3.8) is 0 Å². The summed E-state index contributed by atoms with van der Waals surface area (Å²) in [5, 5.41) is 8.99. The summed E-state index contributed by atoms with van der Waals surface area (Å²) in [5.74, 6) is 0. The van der Waals surface area contributed by atoms with E-state index in [0.717, 1.165) is 14.5 Å². The Kier molecular flexibility index (Phi) is 4.11. The summed E-state index contributed by atoms with van der Waals surface area (Å²) in [6.45, 7) is 0. The zero-order valence-corrected chi connectivity index (χ0v) is 11.1. The molecule has 0 heterocycles. The van der Waals surface area contributed by atoms with Crippen molar-refractivity contribution in [3.05, 3.63) is 32.7 Å². The fraction of sp³-hybridized carbons (Fsp3) is 0.300. The van der Waals surface area contributed by atoms with E-state index in [4.69, 9.17) is 5.26 Å². The molecule has 0 amide bonds. The first-order valence-electron chi connectivity index (χ1n) is 4.07. The molecule has 4 heteroatoms. The summed E-state index contributed by atoms with van der Waals surface area (Å²) in [5.41, 5.74) is 0.993. The van der Waals surface area contributed by atoms with E-state index in [0.29, 0.717) is 0 Å². The predicted molar refractivity (Wildman–Crippen MR) is 63.9 cm³/mol. The van der Waals surface area contributed by atoms with Gasteiger partial charge in [0.25, 0.3) is 0 Å². The molecule has 0 saturated carbocycles. The molecule has 0 saturated heterocycles. The number of rotatable bonds is 2. The second kappa shape index (κ2) is 4.92. The third-order valence-corrected chi connectivity index (χ3v) is 3.78. The van der Waals surface area contributed by atoms with Crippen LogP contribution in [0.25, 0.3) is 0 Å². The van der Waals surface area contributed by atoms with E-state index in [1.54, 1.807) is 0 Å². The lowest BCUT2D eigenvalue weighted by atomic mass is 10.1. The topological polar surface area (TPSA) is 27.0 Å². The maximum absolute atomic E-state index is 8.99. The summed E-state index contributed by atoms with van der Waals surface area (Å²) >= 11 is 6.81. The van der Waals surface area contributed by atoms with Crippen molar-refractivity contribution in [1.29, 1.82) is 5.26 Å². The highest BCUT2D eigenvalue weighted by Crippen LogP contribution is 2.27. The van der Waals surface area contributed by atoms with Gasteiger partial charge in [-0.05, 0) is 63.7 Å². The van der Waals surface area contributed by atoms with Crippen molar-refractivity contribution >= 4 is 31.9 Å². The summed E-state index contributed by atoms with van der Waals surface area (Å²) in [7, 11) is 3.79. The Labute approximate surface area is 101 Å². The highest BCUT2D eigenvalue weighted by Gasteiger charge is 2.13. The van der Waals surface area contributed by atoms with E-state index in [1.165, 1.54) is 0 Å². The number of hydrogen-bond donors (Lipinski definition) is 0. The van der Waals surface area contributed by atoms with Gasteiger partial charge in [0.15, 0.2) is 0 Å². The van der Waals surface area contributed by atoms with Crippen molar-refractivity contribution in [1.82, 2.24) is 4.90 Å². The van der Waals surface area contributed by atoms with Crippen LogP contribution in [-0.2, 0) is 0 Å². The van der Waals surface area contributed by atoms with Gasteiger partial charge in [-0.25, -0.2) is 0 Å². The third-order valence-electron chi connectivity index (χ3n) is 1.90. The van der Waals surface area contributed by atoms with Gasteiger partial charge in [-0.2, -0.15) is 5.26 Å². The molecule has 1 aromatic carbocycles. The molecular formula is C10H10Br2N2. The second-order valence-corrected chi connectivity index (χ2v) is 4.88. The monoisotopic (exact) mass is 316 g/mol. The Hall–Kier alpha value is -0.370. The van der Waals surface area contributed by atoms with Crippen LogP contribution < -0.4 is 0 Å². The normalized spacial score (nSPS) is 12.6. The standard InChI is InChI=1S/C10H10Br2N2/c1-14(2)10(6-13)7-3-4-8(11)9(12)5-7/h3-5,10H,1-2H3. The lowest BCUT2D eigenvalue weighted by Gasteiger charge is -2.17. The van der Waals surface area contributed by atoms with Crippen molar-refractivity contribution in [2.45, 2.75) is 6.04 Å². The number of hydrogen-bond acceptors (Lipinski definition) is 2. The average molecular weight is 318 g/mol. The maximum Gasteiger partial charge on any atom is 0.123 e. The van der Waals surface area contributed by atoms with Gasteiger partial charge >= 0.3 is 0 Å². The molecule has 0 fully saturated rings. The SMILES string of the molecule is CN(C)C(C#N)c1ccc(Br)c(Br)c1. The summed E-state index contributed by atoms with van der Waals surface area (Å²) < 4.78 is 1.97. The largest absolute Gasteiger partial charge is 0.291 e. The van der Waals surface area contributed by atoms with Gasteiger partial charge < -0.3 is 0 Å². The van der Waals surface area contributed by atoms with Gasteiger partial charge in [-0.15, -0.1) is 0 Å². The van der Waals surface area contributed by atoms with Crippen molar-refractivity contribution in [2.24, 2.45) is 0 Å². The molecular weight excluding hydrogens is 308 g/mol. The van der Waals surface area contributed by atoms with Gasteiger partial charge in [-0.1, -0.05) is 6.07 Å². The van der Waals surface area contributed by atoms with Crippen LogP contribution in [0.1, 0.15) is 11.6 Å². The van der Waals surface area contributed by atoms with Crippen molar-refractivity contribution in [2.75, 3.05) is 14.1 Å². The lowest BCUT2D eigenvalue weighted by molar-refractivity contribution is 0.358. The Balaban J connectivity index is 3.08. The quantitative estimate of drug-likeness (QED) is 0.836. The number of nitrogens with zero attached hydrogens (tertiary/aromatic N) is 2. The zero-order chi connectivity index (χ0) is 10.7. The molecule has 0 radical (unpaired) electrons. The first kappa shape index (κ1) is 11.7. The molecule has 1 aromatic rings. The molecule has 0 aliphatic rings. The number of benzene rings is 1. The van der Waals surface area contributed by atoms with Gasteiger partial charge in [0.05, 0.1) is 6.07 Å². The van der Waals surface area contributed by atoms with Crippen LogP contribution in [0.3, 0.4) is 0 Å². The molecule has 1 atom stereocenters. The highest BCUT2D eigenvalue weighted by molar-refractivity contribution is 9.13. The van der Waals surface area contributed by atoms with Crippen molar-refractivity contribution < 1.29 is 0 Å². The Morgan fingerprint density at radius 1 is 1.29 bits per heavy atom. The maximum atomic E-state index is 8.99. The Bertz CT molecular complexity index is 369. The smallest absolute Gasteiger partial charge is 0.123 e. The van der Waals surface area contributed by atoms with E-state index >= 15 is 0 Å². The molecule has 0 aliphatic heterocycles. The molecule has 74 valence electrons. The van der Waals surface area contributed by atoms with Crippen LogP contribution in [0.4, 0.5) is 0 Å². The minimum atomic E-state index is -0.195. The summed E-state index contributed by atoms with van der Waals surface area (Å²) in [4.78, 5) is 1.88. The van der Waals surface area contributed by atoms with Crippen LogP contribution in [0.15, 0.2) is 27.1 Å². The molecule has 0 spiro atoms. The van der Waals surface area contributed by atoms with Crippen LogP contribution in [0, 0.1) is 11.3 Å². The fourth-order valence-corrected chi connectivity index (χ4v) is 1.81. The summed E-state index contributed by atoms with van der Waals surface area (Å²) in [6, 6.07) is 7.90. The van der Waals surface area contributed by atoms with Crippen LogP contribution in [0.2, 0.25) is 0 Å². The molecule has 0 bridgehead atoms. The highest BCUT2D eigenvalue weighted by atomic mass is 79.9. The minimum Gasteiger partial charge on any atom is -0.291 e. The molecule has 0 N–H and O–H groups in total. The van der Waals surface area contributed by atoms with E-state index < -0.39 is 0 Å². The molecule has 1 rings (SSSR count). The van der Waals surface area contributed by atoms with Gasteiger partial charge in [0.1, 0.15) is 6.04 Å². The van der Waals surface area contributed by atoms with Crippen LogP contribution in [0.5, 0.6) is 0 Å². The molecule has 0 aromatic heterocycles. The summed E-state index contributed by atoms with van der Waals surface area (Å²) in [6.07, 6.45) is 0. The van der Waals surface area contributed by atoms with Crippen LogP contribution >= 0.6 is 31.9 Å². The Morgan fingerprint density at radius 2 is 1.93 bits per heavy atom. The molecule has 2 nitrogen and oxygen atoms in total. The predicted octanol–water partition coefficient (Wildman–Crippen LogP) is 3.34. The third kappa shape index (κ3) is 2.57. The molecule has 14 heavy (non-hydrogen) atoms. The molecule has 0 aliphatic carbocycles. The number of nitriles is 1. The first-order chi connectivity index (χ1) is 6.56. The number of halogens is 2. The minimum absolute atomic E-state index is 0.195. The average Bonchev–Trinajstić information content (AvgIpc) is 2.11.